The molecule has 19 heavy (non-hydrogen) atoms. The topological polar surface area (TPSA) is 47.7 Å². The van der Waals surface area contributed by atoms with E-state index in [9.17, 15) is 13.2 Å². The lowest BCUT2D eigenvalue weighted by Crippen LogP contribution is -2.21. The fourth-order valence-corrected chi connectivity index (χ4v) is 1.64. The fraction of sp³-hybridized carbons (Fsp3) is 0.500. The van der Waals surface area contributed by atoms with Gasteiger partial charge in [0.25, 0.3) is 0 Å². The Hall–Kier alpha value is -1.63. The lowest BCUT2D eigenvalue weighted by molar-refractivity contribution is -0.0521. The molecule has 0 fully saturated rings. The molecule has 0 aliphatic heterocycles. The van der Waals surface area contributed by atoms with Crippen LogP contribution in [-0.4, -0.2) is 33.9 Å². The fourth-order valence-electron chi connectivity index (χ4n) is 1.64. The zero-order chi connectivity index (χ0) is 14.4. The molecule has 108 valence electrons. The normalized spacial score (nSPS) is 10.8. The molecule has 0 bridgehead atoms. The number of ether oxygens (including phenoxy) is 2. The van der Waals surface area contributed by atoms with Crippen molar-refractivity contribution in [2.45, 2.75) is 13.0 Å². The lowest BCUT2D eigenvalue weighted by Gasteiger charge is -2.22. The average Bonchev–Trinajstić information content (AvgIpc) is 2.32. The van der Waals surface area contributed by atoms with E-state index in [2.05, 4.69) is 4.74 Å². The Morgan fingerprint density at radius 3 is 2.63 bits per heavy atom. The minimum Gasteiger partial charge on any atom is -0.432 e. The molecule has 1 aromatic carbocycles. The van der Waals surface area contributed by atoms with Crippen molar-refractivity contribution in [2.75, 3.05) is 37.9 Å². The van der Waals surface area contributed by atoms with Crippen LogP contribution >= 0.6 is 0 Å². The van der Waals surface area contributed by atoms with Gasteiger partial charge in [0, 0.05) is 39.4 Å². The van der Waals surface area contributed by atoms with Gasteiger partial charge < -0.3 is 20.1 Å². The van der Waals surface area contributed by atoms with Crippen LogP contribution < -0.4 is 15.4 Å². The number of nitrogen functional groups attached to an aromatic ring is 1. The minimum absolute atomic E-state index is 0.166. The van der Waals surface area contributed by atoms with E-state index in [1.165, 1.54) is 6.07 Å². The second kappa shape index (κ2) is 7.08. The first-order valence-electron chi connectivity index (χ1n) is 5.69. The molecule has 7 heteroatoms. The summed E-state index contributed by atoms with van der Waals surface area (Å²) in [6, 6.07) is 2.14. The van der Waals surface area contributed by atoms with E-state index in [1.807, 2.05) is 0 Å². The molecule has 0 saturated carbocycles. The Morgan fingerprint density at radius 2 is 2.05 bits per heavy atom. The van der Waals surface area contributed by atoms with Crippen molar-refractivity contribution in [1.82, 2.24) is 0 Å². The summed E-state index contributed by atoms with van der Waals surface area (Å²) < 4.78 is 46.7. The van der Waals surface area contributed by atoms with Gasteiger partial charge in [-0.3, -0.25) is 0 Å². The van der Waals surface area contributed by atoms with Crippen molar-refractivity contribution in [2.24, 2.45) is 0 Å². The second-order valence-corrected chi connectivity index (χ2v) is 3.99. The number of rotatable bonds is 7. The number of hydrogen-bond acceptors (Lipinski definition) is 4. The first kappa shape index (κ1) is 15.4. The van der Waals surface area contributed by atoms with E-state index in [-0.39, 0.29) is 5.69 Å². The molecule has 0 amide bonds. The number of nitrogens with zero attached hydrogens (tertiary/aromatic N) is 1. The predicted octanol–water partition coefficient (Wildman–Crippen LogP) is 2.48. The van der Waals surface area contributed by atoms with Crippen LogP contribution in [-0.2, 0) is 4.74 Å². The van der Waals surface area contributed by atoms with Crippen LogP contribution in [0.5, 0.6) is 5.75 Å². The number of alkyl halides is 2. The third-order valence-electron chi connectivity index (χ3n) is 2.55. The minimum atomic E-state index is -3.08. The SMILES string of the molecule is COCCCN(C)c1cc(OC(F)F)c(F)cc1N. The Labute approximate surface area is 109 Å². The molecule has 1 aromatic rings. The average molecular weight is 278 g/mol. The smallest absolute Gasteiger partial charge is 0.387 e. The van der Waals surface area contributed by atoms with Crippen LogP contribution in [0.1, 0.15) is 6.42 Å². The molecule has 0 spiro atoms. The number of benzene rings is 1. The van der Waals surface area contributed by atoms with E-state index >= 15 is 0 Å². The summed E-state index contributed by atoms with van der Waals surface area (Å²) in [6.45, 7) is -1.92. The molecule has 0 radical (unpaired) electrons. The Morgan fingerprint density at radius 1 is 1.37 bits per heavy atom. The highest BCUT2D eigenvalue weighted by Crippen LogP contribution is 2.31. The zero-order valence-corrected chi connectivity index (χ0v) is 10.8. The summed E-state index contributed by atoms with van der Waals surface area (Å²) >= 11 is 0. The van der Waals surface area contributed by atoms with Gasteiger partial charge in [-0.1, -0.05) is 0 Å². The van der Waals surface area contributed by atoms with Gasteiger partial charge in [-0.25, -0.2) is 4.39 Å². The molecule has 0 aliphatic carbocycles. The number of nitrogens with two attached hydrogens (primary N) is 1. The molecule has 0 aromatic heterocycles. The molecule has 0 aliphatic rings. The lowest BCUT2D eigenvalue weighted by atomic mass is 10.2. The maximum Gasteiger partial charge on any atom is 0.387 e. The van der Waals surface area contributed by atoms with Gasteiger partial charge in [-0.2, -0.15) is 8.78 Å². The Balaban J connectivity index is 2.87. The van der Waals surface area contributed by atoms with E-state index in [4.69, 9.17) is 10.5 Å². The number of hydrogen-bond donors (Lipinski definition) is 1. The molecular weight excluding hydrogens is 261 g/mol. The molecule has 4 nitrogen and oxygen atoms in total. The highest BCUT2D eigenvalue weighted by Gasteiger charge is 2.15. The van der Waals surface area contributed by atoms with Crippen molar-refractivity contribution in [3.05, 3.63) is 17.9 Å². The van der Waals surface area contributed by atoms with Gasteiger partial charge in [-0.05, 0) is 6.42 Å². The monoisotopic (exact) mass is 278 g/mol. The van der Waals surface area contributed by atoms with Gasteiger partial charge in [-0.15, -0.1) is 0 Å². The van der Waals surface area contributed by atoms with Crippen molar-refractivity contribution in [3.63, 3.8) is 0 Å². The molecule has 0 heterocycles. The van der Waals surface area contributed by atoms with Gasteiger partial charge in [0.1, 0.15) is 0 Å². The van der Waals surface area contributed by atoms with Crippen LogP contribution in [0.25, 0.3) is 0 Å². The number of methoxy groups -OCH3 is 1. The first-order chi connectivity index (χ1) is 8.95. The van der Waals surface area contributed by atoms with Gasteiger partial charge in [0.05, 0.1) is 11.4 Å². The predicted molar refractivity (Wildman–Crippen MR) is 67.2 cm³/mol. The molecule has 2 N–H and O–H groups in total. The third kappa shape index (κ3) is 4.51. The Bertz CT molecular complexity index is 416. The molecule has 1 rings (SSSR count). The van der Waals surface area contributed by atoms with Crippen LogP contribution in [0.4, 0.5) is 24.5 Å². The summed E-state index contributed by atoms with van der Waals surface area (Å²) in [5.74, 6) is -1.43. The second-order valence-electron chi connectivity index (χ2n) is 3.99. The van der Waals surface area contributed by atoms with Crippen LogP contribution in [0.3, 0.4) is 0 Å². The number of halogens is 3. The summed E-state index contributed by atoms with van der Waals surface area (Å²) in [5, 5.41) is 0. The van der Waals surface area contributed by atoms with E-state index in [0.717, 1.165) is 12.5 Å². The maximum absolute atomic E-state index is 13.4. The van der Waals surface area contributed by atoms with Gasteiger partial charge in [0.15, 0.2) is 11.6 Å². The molecule has 0 atom stereocenters. The standard InChI is InChI=1S/C12H17F3N2O2/c1-17(4-3-5-18-2)10-7-11(19-12(14)15)8(13)6-9(10)16/h6-7,12H,3-5,16H2,1-2H3. The van der Waals surface area contributed by atoms with Crippen molar-refractivity contribution >= 4 is 11.4 Å². The van der Waals surface area contributed by atoms with Crippen LogP contribution in [0, 0.1) is 5.82 Å². The van der Waals surface area contributed by atoms with Crippen molar-refractivity contribution < 1.29 is 22.6 Å². The molecule has 0 unspecified atom stereocenters. The van der Waals surface area contributed by atoms with Gasteiger partial charge >= 0.3 is 6.61 Å². The van der Waals surface area contributed by atoms with Crippen LogP contribution in [0.15, 0.2) is 12.1 Å². The quantitative estimate of drug-likeness (QED) is 0.615. The van der Waals surface area contributed by atoms with Crippen molar-refractivity contribution in [3.8, 4) is 5.75 Å². The maximum atomic E-state index is 13.4. The summed E-state index contributed by atoms with van der Waals surface area (Å²) in [7, 11) is 3.31. The first-order valence-corrected chi connectivity index (χ1v) is 5.69. The number of anilines is 2. The largest absolute Gasteiger partial charge is 0.432 e. The molecular formula is C12H17F3N2O2. The highest BCUT2D eigenvalue weighted by molar-refractivity contribution is 5.69. The molecule has 0 saturated heterocycles. The summed E-state index contributed by atoms with van der Waals surface area (Å²) in [6.07, 6.45) is 0.731. The summed E-state index contributed by atoms with van der Waals surface area (Å²) in [4.78, 5) is 1.73. The third-order valence-corrected chi connectivity index (χ3v) is 2.55. The zero-order valence-electron chi connectivity index (χ0n) is 10.8. The van der Waals surface area contributed by atoms with E-state index in [0.29, 0.717) is 18.8 Å². The Kier molecular flexibility index (Phi) is 5.75. The highest BCUT2D eigenvalue weighted by atomic mass is 19.3. The summed E-state index contributed by atoms with van der Waals surface area (Å²) in [5.41, 5.74) is 6.27. The van der Waals surface area contributed by atoms with E-state index < -0.39 is 18.2 Å². The van der Waals surface area contributed by atoms with Crippen LogP contribution in [0.2, 0.25) is 0 Å². The van der Waals surface area contributed by atoms with E-state index in [1.54, 1.807) is 19.1 Å². The van der Waals surface area contributed by atoms with Gasteiger partial charge in [0.2, 0.25) is 0 Å². The van der Waals surface area contributed by atoms with Crippen molar-refractivity contribution in [1.29, 1.82) is 0 Å².